The number of phenols is 1. The number of aryl methyl sites for hydroxylation is 1. The van der Waals surface area contributed by atoms with Crippen LogP contribution in [0.4, 0.5) is 0 Å². The molecule has 114 valence electrons. The molecule has 1 unspecified atom stereocenters. The fourth-order valence-electron chi connectivity index (χ4n) is 2.60. The third-order valence-corrected chi connectivity index (χ3v) is 3.93. The third-order valence-electron chi connectivity index (χ3n) is 3.74. The molecule has 3 heteroatoms. The minimum Gasteiger partial charge on any atom is -0.507 e. The van der Waals surface area contributed by atoms with Gasteiger partial charge in [-0.2, -0.15) is 0 Å². The van der Waals surface area contributed by atoms with Crippen LogP contribution in [-0.2, 0) is 6.42 Å². The van der Waals surface area contributed by atoms with Crippen molar-refractivity contribution in [2.45, 2.75) is 52.1 Å². The summed E-state index contributed by atoms with van der Waals surface area (Å²) in [6.07, 6.45) is 9.93. The first-order valence-electron chi connectivity index (χ1n) is 7.53. The maximum atomic E-state index is 10.1. The molecule has 0 saturated heterocycles. The monoisotopic (exact) mass is 304 g/mol. The first kappa shape index (κ1) is 16.0. The highest BCUT2D eigenvalue weighted by atomic mass is 32.1. The van der Waals surface area contributed by atoms with Gasteiger partial charge in [0, 0.05) is 0 Å². The van der Waals surface area contributed by atoms with Gasteiger partial charge in [0.05, 0.1) is 5.56 Å². The maximum Gasteiger partial charge on any atom is 0.131 e. The van der Waals surface area contributed by atoms with Crippen molar-refractivity contribution in [1.29, 1.82) is 0 Å². The lowest BCUT2D eigenvalue weighted by Gasteiger charge is -2.32. The Hall–Kier alpha value is -1.35. The molecule has 1 aromatic rings. The molecule has 0 aromatic heterocycles. The predicted octanol–water partition coefficient (Wildman–Crippen LogP) is 5.12. The largest absolute Gasteiger partial charge is 0.507 e. The number of rotatable bonds is 5. The van der Waals surface area contributed by atoms with Gasteiger partial charge in [-0.05, 0) is 67.9 Å². The van der Waals surface area contributed by atoms with Gasteiger partial charge in [0.2, 0.25) is 0 Å². The molecule has 0 spiro atoms. The average Bonchev–Trinajstić information content (AvgIpc) is 2.37. The Morgan fingerprint density at radius 3 is 2.86 bits per heavy atom. The molecule has 2 nitrogen and oxygen atoms in total. The summed E-state index contributed by atoms with van der Waals surface area (Å²) in [7, 11) is 0. The van der Waals surface area contributed by atoms with Crippen molar-refractivity contribution < 1.29 is 9.84 Å². The lowest BCUT2D eigenvalue weighted by molar-refractivity contribution is 0.128. The summed E-state index contributed by atoms with van der Waals surface area (Å²) < 4.78 is 6.17. The number of hydrogen-bond acceptors (Lipinski definition) is 3. The highest BCUT2D eigenvalue weighted by Crippen LogP contribution is 2.39. The number of benzene rings is 1. The van der Waals surface area contributed by atoms with Crippen LogP contribution in [0.3, 0.4) is 0 Å². The van der Waals surface area contributed by atoms with Gasteiger partial charge in [0.15, 0.2) is 0 Å². The zero-order chi connectivity index (χ0) is 15.5. The van der Waals surface area contributed by atoms with Gasteiger partial charge < -0.3 is 9.84 Å². The molecular formula is C18H24O2S. The molecule has 0 amide bonds. The van der Waals surface area contributed by atoms with Gasteiger partial charge in [-0.25, -0.2) is 0 Å². The van der Waals surface area contributed by atoms with Gasteiger partial charge >= 0.3 is 0 Å². The number of fused-ring (bicyclic) bond motifs is 1. The normalized spacial score (nSPS) is 21.0. The zero-order valence-electron chi connectivity index (χ0n) is 13.0. The van der Waals surface area contributed by atoms with Crippen LogP contribution >= 0.6 is 12.6 Å². The molecule has 0 radical (unpaired) electrons. The molecule has 0 fully saturated rings. The quantitative estimate of drug-likeness (QED) is 0.739. The third kappa shape index (κ3) is 4.07. The Morgan fingerprint density at radius 2 is 2.19 bits per heavy atom. The lowest BCUT2D eigenvalue weighted by Crippen LogP contribution is -2.31. The lowest BCUT2D eigenvalue weighted by atomic mass is 9.94. The van der Waals surface area contributed by atoms with E-state index in [1.165, 1.54) is 0 Å². The summed E-state index contributed by atoms with van der Waals surface area (Å²) in [6.45, 7) is 6.19. The van der Waals surface area contributed by atoms with Crippen molar-refractivity contribution in [2.75, 3.05) is 0 Å². The van der Waals surface area contributed by atoms with Crippen molar-refractivity contribution in [2.24, 2.45) is 0 Å². The molecule has 0 bridgehead atoms. The molecule has 1 aromatic carbocycles. The Morgan fingerprint density at radius 1 is 1.43 bits per heavy atom. The van der Waals surface area contributed by atoms with Gasteiger partial charge in [-0.1, -0.05) is 19.4 Å². The molecule has 0 aliphatic carbocycles. The van der Waals surface area contributed by atoms with Gasteiger partial charge in [-0.15, -0.1) is 12.6 Å². The molecule has 0 saturated carbocycles. The van der Waals surface area contributed by atoms with E-state index in [1.807, 2.05) is 25.1 Å². The summed E-state index contributed by atoms with van der Waals surface area (Å²) in [5.41, 5.74) is 1.58. The standard InChI is InChI=1S/C18H24O2S/c1-4-6-14-11-16(19)15-8-10-18(3,20-17(15)12-14)9-5-7-13(2)21/h7-8,10-12,19,21H,4-6,9H2,1-3H3/b13-7+. The van der Waals surface area contributed by atoms with Gasteiger partial charge in [-0.3, -0.25) is 0 Å². The number of ether oxygens (including phenoxy) is 1. The summed E-state index contributed by atoms with van der Waals surface area (Å²) in [5.74, 6) is 1.09. The summed E-state index contributed by atoms with van der Waals surface area (Å²) in [4.78, 5) is 1.03. The fraction of sp³-hybridized carbons (Fsp3) is 0.444. The molecule has 1 N–H and O–H groups in total. The number of aromatic hydroxyl groups is 1. The SMILES string of the molecule is CCCc1cc(O)c2c(c1)OC(C)(CC/C=C(\C)S)C=C2. The number of allylic oxidation sites excluding steroid dienone is 2. The minimum atomic E-state index is -0.329. The van der Waals surface area contributed by atoms with Crippen LogP contribution in [0.5, 0.6) is 11.5 Å². The van der Waals surface area contributed by atoms with E-state index in [-0.39, 0.29) is 5.60 Å². The fourth-order valence-corrected chi connectivity index (χ4v) is 2.73. The van der Waals surface area contributed by atoms with Crippen LogP contribution in [0.15, 0.2) is 29.2 Å². The molecular weight excluding hydrogens is 280 g/mol. The second-order valence-corrected chi connectivity index (χ2v) is 6.61. The molecule has 21 heavy (non-hydrogen) atoms. The first-order valence-corrected chi connectivity index (χ1v) is 7.98. The van der Waals surface area contributed by atoms with Crippen molar-refractivity contribution in [3.05, 3.63) is 40.3 Å². The first-order chi connectivity index (χ1) is 9.93. The number of phenolic OH excluding ortho intramolecular Hbond substituents is 1. The number of hydrogen-bond donors (Lipinski definition) is 2. The van der Waals surface area contributed by atoms with E-state index >= 15 is 0 Å². The van der Waals surface area contributed by atoms with E-state index in [0.717, 1.165) is 47.5 Å². The van der Waals surface area contributed by atoms with Crippen molar-refractivity contribution in [3.63, 3.8) is 0 Å². The Labute approximate surface area is 132 Å². The Balaban J connectivity index is 2.20. The average molecular weight is 304 g/mol. The Bertz CT molecular complexity index is 571. The van der Waals surface area contributed by atoms with E-state index in [1.54, 1.807) is 0 Å². The van der Waals surface area contributed by atoms with Gasteiger partial charge in [0.1, 0.15) is 17.1 Å². The highest BCUT2D eigenvalue weighted by Gasteiger charge is 2.28. The number of thiol groups is 1. The molecule has 1 aliphatic rings. The maximum absolute atomic E-state index is 10.1. The second-order valence-electron chi connectivity index (χ2n) is 5.91. The van der Waals surface area contributed by atoms with E-state index in [2.05, 4.69) is 38.6 Å². The van der Waals surface area contributed by atoms with Crippen LogP contribution in [0.1, 0.15) is 51.2 Å². The van der Waals surface area contributed by atoms with Crippen LogP contribution < -0.4 is 4.74 Å². The summed E-state index contributed by atoms with van der Waals surface area (Å²) in [6, 6.07) is 3.89. The molecule has 1 atom stereocenters. The van der Waals surface area contributed by atoms with Crippen LogP contribution in [0.25, 0.3) is 6.08 Å². The van der Waals surface area contributed by atoms with Crippen LogP contribution in [-0.4, -0.2) is 10.7 Å². The van der Waals surface area contributed by atoms with E-state index < -0.39 is 0 Å². The van der Waals surface area contributed by atoms with Gasteiger partial charge in [0.25, 0.3) is 0 Å². The van der Waals surface area contributed by atoms with E-state index in [9.17, 15) is 5.11 Å². The summed E-state index contributed by atoms with van der Waals surface area (Å²) >= 11 is 4.29. The van der Waals surface area contributed by atoms with E-state index in [4.69, 9.17) is 4.74 Å². The highest BCUT2D eigenvalue weighted by molar-refractivity contribution is 7.84. The molecule has 1 heterocycles. The second kappa shape index (κ2) is 6.61. The van der Waals surface area contributed by atoms with Crippen molar-refractivity contribution in [1.82, 2.24) is 0 Å². The topological polar surface area (TPSA) is 29.5 Å². The predicted molar refractivity (Wildman–Crippen MR) is 92.1 cm³/mol. The zero-order valence-corrected chi connectivity index (χ0v) is 13.9. The van der Waals surface area contributed by atoms with Crippen LogP contribution in [0.2, 0.25) is 0 Å². The molecule has 2 rings (SSSR count). The van der Waals surface area contributed by atoms with E-state index in [0.29, 0.717) is 5.75 Å². The smallest absolute Gasteiger partial charge is 0.131 e. The minimum absolute atomic E-state index is 0.306. The summed E-state index contributed by atoms with van der Waals surface area (Å²) in [5, 5.41) is 10.1. The molecule has 1 aliphatic heterocycles. The van der Waals surface area contributed by atoms with Crippen molar-refractivity contribution in [3.8, 4) is 11.5 Å². The van der Waals surface area contributed by atoms with Crippen molar-refractivity contribution >= 4 is 18.7 Å². The van der Waals surface area contributed by atoms with Crippen LogP contribution in [0, 0.1) is 0 Å². The Kier molecular flexibility index (Phi) is 5.04.